The van der Waals surface area contributed by atoms with Crippen LogP contribution >= 0.6 is 11.6 Å². The first kappa shape index (κ1) is 29.3. The summed E-state index contributed by atoms with van der Waals surface area (Å²) in [6.45, 7) is -0.228. The summed E-state index contributed by atoms with van der Waals surface area (Å²) in [5, 5.41) is 0.444. The van der Waals surface area contributed by atoms with Crippen LogP contribution in [0.2, 0.25) is 5.02 Å². The van der Waals surface area contributed by atoms with Crippen molar-refractivity contribution >= 4 is 45.4 Å². The molecule has 0 saturated carbocycles. The molecule has 1 heterocycles. The largest absolute Gasteiger partial charge is 0.496 e. The van der Waals surface area contributed by atoms with Gasteiger partial charge in [-0.2, -0.15) is 13.2 Å². The molecule has 1 aliphatic rings. The van der Waals surface area contributed by atoms with Gasteiger partial charge >= 0.3 is 12.1 Å². The van der Waals surface area contributed by atoms with Gasteiger partial charge in [0, 0.05) is 12.0 Å². The minimum absolute atomic E-state index is 0.0333. The van der Waals surface area contributed by atoms with Gasteiger partial charge in [-0.1, -0.05) is 35.9 Å². The van der Waals surface area contributed by atoms with Gasteiger partial charge in [-0.3, -0.25) is 9.10 Å². The Morgan fingerprint density at radius 3 is 2.55 bits per heavy atom. The third-order valence-electron chi connectivity index (χ3n) is 6.24. The highest BCUT2D eigenvalue weighted by Gasteiger charge is 2.37. The number of sulfonamides is 1. The standard InChI is InChI=1S/C28H25ClF3NO6S/c1-37-25-8-4-7-23(29)22(25)12-9-18-10-13-26-24(15-18)33(17-20(39-26)11-14-27(34)38-2)40(35,36)21-6-3-5-19(16-21)28(30,31)32/h3-10,12-13,15-16,20H,11,14,17H2,1-2H3. The average Bonchev–Trinajstić information content (AvgIpc) is 2.94. The average molecular weight is 596 g/mol. The highest BCUT2D eigenvalue weighted by atomic mass is 35.5. The number of carbonyl (C=O) groups excluding carboxylic acids is 1. The van der Waals surface area contributed by atoms with Crippen molar-refractivity contribution in [3.63, 3.8) is 0 Å². The topological polar surface area (TPSA) is 82.1 Å². The number of ether oxygens (including phenoxy) is 3. The molecule has 12 heteroatoms. The molecule has 0 radical (unpaired) electrons. The van der Waals surface area contributed by atoms with Gasteiger partial charge in [0.2, 0.25) is 0 Å². The van der Waals surface area contributed by atoms with Crippen LogP contribution in [0, 0.1) is 0 Å². The van der Waals surface area contributed by atoms with Gasteiger partial charge < -0.3 is 14.2 Å². The number of nitrogens with zero attached hydrogens (tertiary/aromatic N) is 1. The highest BCUT2D eigenvalue weighted by molar-refractivity contribution is 7.92. The minimum Gasteiger partial charge on any atom is -0.496 e. The van der Waals surface area contributed by atoms with Crippen LogP contribution in [0.15, 0.2) is 65.6 Å². The summed E-state index contributed by atoms with van der Waals surface area (Å²) in [7, 11) is -1.73. The van der Waals surface area contributed by atoms with Crippen molar-refractivity contribution in [3.05, 3.63) is 82.4 Å². The molecule has 212 valence electrons. The van der Waals surface area contributed by atoms with E-state index in [1.807, 2.05) is 0 Å². The zero-order valence-corrected chi connectivity index (χ0v) is 23.0. The first-order valence-corrected chi connectivity index (χ1v) is 13.8. The Hall–Kier alpha value is -3.70. The van der Waals surface area contributed by atoms with Crippen LogP contribution in [0.3, 0.4) is 0 Å². The van der Waals surface area contributed by atoms with Crippen molar-refractivity contribution in [2.45, 2.75) is 30.0 Å². The van der Waals surface area contributed by atoms with Crippen molar-refractivity contribution in [2.24, 2.45) is 0 Å². The number of fused-ring (bicyclic) bond motifs is 1. The van der Waals surface area contributed by atoms with Crippen molar-refractivity contribution in [2.75, 3.05) is 25.1 Å². The van der Waals surface area contributed by atoms with E-state index in [1.165, 1.54) is 14.2 Å². The molecular weight excluding hydrogens is 571 g/mol. The Bertz CT molecular complexity index is 1540. The molecule has 1 atom stereocenters. The Balaban J connectivity index is 1.76. The molecule has 0 N–H and O–H groups in total. The molecule has 0 bridgehead atoms. The summed E-state index contributed by atoms with van der Waals surface area (Å²) in [5.41, 5.74) is 0.230. The van der Waals surface area contributed by atoms with Crippen LogP contribution in [-0.4, -0.2) is 41.3 Å². The first-order valence-electron chi connectivity index (χ1n) is 12.0. The molecule has 0 spiro atoms. The van der Waals surface area contributed by atoms with Gasteiger partial charge in [0.25, 0.3) is 10.0 Å². The smallest absolute Gasteiger partial charge is 0.416 e. The quantitative estimate of drug-likeness (QED) is 0.220. The van der Waals surface area contributed by atoms with Gasteiger partial charge in [0.05, 0.1) is 41.9 Å². The van der Waals surface area contributed by atoms with Crippen LogP contribution in [0.25, 0.3) is 12.2 Å². The third-order valence-corrected chi connectivity index (χ3v) is 8.34. The maximum absolute atomic E-state index is 13.7. The van der Waals surface area contributed by atoms with Crippen LogP contribution in [-0.2, 0) is 25.7 Å². The molecule has 7 nitrogen and oxygen atoms in total. The lowest BCUT2D eigenvalue weighted by Crippen LogP contribution is -2.43. The molecule has 0 fully saturated rings. The molecule has 40 heavy (non-hydrogen) atoms. The van der Waals surface area contributed by atoms with Gasteiger partial charge in [0.15, 0.2) is 0 Å². The maximum atomic E-state index is 13.7. The zero-order chi connectivity index (χ0) is 29.1. The number of esters is 1. The second-order valence-corrected chi connectivity index (χ2v) is 11.1. The molecule has 0 saturated heterocycles. The Morgan fingerprint density at radius 1 is 1.10 bits per heavy atom. The molecule has 0 amide bonds. The summed E-state index contributed by atoms with van der Waals surface area (Å²) < 4.78 is 84.6. The lowest BCUT2D eigenvalue weighted by molar-refractivity contribution is -0.141. The van der Waals surface area contributed by atoms with Crippen molar-refractivity contribution in [1.29, 1.82) is 0 Å². The number of alkyl halides is 3. The number of halogens is 4. The van der Waals surface area contributed by atoms with E-state index in [-0.39, 0.29) is 30.8 Å². The predicted octanol–water partition coefficient (Wildman–Crippen LogP) is 6.45. The Kier molecular flexibility index (Phi) is 8.65. The second kappa shape index (κ2) is 11.8. The van der Waals surface area contributed by atoms with E-state index in [2.05, 4.69) is 4.74 Å². The Morgan fingerprint density at radius 2 is 1.85 bits per heavy atom. The molecule has 0 aromatic heterocycles. The summed E-state index contributed by atoms with van der Waals surface area (Å²) in [4.78, 5) is 11.2. The van der Waals surface area contributed by atoms with Crippen LogP contribution < -0.4 is 13.8 Å². The van der Waals surface area contributed by atoms with E-state index in [0.717, 1.165) is 22.5 Å². The number of anilines is 1. The minimum atomic E-state index is -4.73. The number of hydrogen-bond donors (Lipinski definition) is 0. The van der Waals surface area contributed by atoms with Crippen LogP contribution in [0.5, 0.6) is 11.5 Å². The fourth-order valence-corrected chi connectivity index (χ4v) is 5.96. The van der Waals surface area contributed by atoms with Gasteiger partial charge in [-0.25, -0.2) is 8.42 Å². The summed E-state index contributed by atoms with van der Waals surface area (Å²) in [6, 6.07) is 13.5. The van der Waals surface area contributed by atoms with E-state index in [1.54, 1.807) is 48.6 Å². The molecule has 3 aromatic rings. The summed E-state index contributed by atoms with van der Waals surface area (Å²) in [6.07, 6.45) is -1.97. The van der Waals surface area contributed by atoms with Gasteiger partial charge in [0.1, 0.15) is 17.6 Å². The molecule has 1 unspecified atom stereocenters. The monoisotopic (exact) mass is 595 g/mol. The lowest BCUT2D eigenvalue weighted by Gasteiger charge is -2.35. The van der Waals surface area contributed by atoms with Crippen molar-refractivity contribution in [1.82, 2.24) is 0 Å². The number of hydrogen-bond acceptors (Lipinski definition) is 6. The molecule has 3 aromatic carbocycles. The highest BCUT2D eigenvalue weighted by Crippen LogP contribution is 2.40. The van der Waals surface area contributed by atoms with Crippen molar-refractivity contribution in [3.8, 4) is 11.5 Å². The van der Waals surface area contributed by atoms with E-state index in [9.17, 15) is 26.4 Å². The fourth-order valence-electron chi connectivity index (χ4n) is 4.19. The SMILES string of the molecule is COC(=O)CCC1CN(S(=O)(=O)c2cccc(C(F)(F)F)c2)c2cc(C=Cc3c(Cl)cccc3OC)ccc2O1. The molecule has 4 rings (SSSR count). The van der Waals surface area contributed by atoms with Gasteiger partial charge in [-0.05, 0) is 60.5 Å². The second-order valence-electron chi connectivity index (χ2n) is 8.83. The zero-order valence-electron chi connectivity index (χ0n) is 21.4. The molecule has 0 aliphatic carbocycles. The molecular formula is C28H25ClF3NO6S. The molecule has 1 aliphatic heterocycles. The Labute approximate surface area is 234 Å². The summed E-state index contributed by atoms with van der Waals surface area (Å²) >= 11 is 6.31. The van der Waals surface area contributed by atoms with Crippen LogP contribution in [0.1, 0.15) is 29.5 Å². The fraction of sp³-hybridized carbons (Fsp3) is 0.250. The van der Waals surface area contributed by atoms with E-state index >= 15 is 0 Å². The van der Waals surface area contributed by atoms with Crippen molar-refractivity contribution < 1.29 is 40.6 Å². The van der Waals surface area contributed by atoms with E-state index < -0.39 is 38.7 Å². The summed E-state index contributed by atoms with van der Waals surface area (Å²) in [5.74, 6) is 0.230. The third kappa shape index (κ3) is 6.37. The number of rotatable bonds is 8. The lowest BCUT2D eigenvalue weighted by atomic mass is 10.1. The number of methoxy groups -OCH3 is 2. The predicted molar refractivity (Wildman–Crippen MR) is 145 cm³/mol. The number of benzene rings is 3. The normalized spacial score (nSPS) is 15.4. The van der Waals surface area contributed by atoms with E-state index in [0.29, 0.717) is 28.0 Å². The van der Waals surface area contributed by atoms with Crippen LogP contribution in [0.4, 0.5) is 18.9 Å². The van der Waals surface area contributed by atoms with E-state index in [4.69, 9.17) is 21.1 Å². The number of carbonyl (C=O) groups is 1. The first-order chi connectivity index (χ1) is 18.9. The maximum Gasteiger partial charge on any atom is 0.416 e. The van der Waals surface area contributed by atoms with Gasteiger partial charge in [-0.15, -0.1) is 0 Å².